The molecular weight excluding hydrogens is 276 g/mol. The minimum Gasteiger partial charge on any atom is -0.476 e. The summed E-state index contributed by atoms with van der Waals surface area (Å²) in [6.45, 7) is 3.54. The van der Waals surface area contributed by atoms with E-state index in [0.717, 1.165) is 11.8 Å². The average molecular weight is 287 g/mol. The van der Waals surface area contributed by atoms with Gasteiger partial charge in [0.2, 0.25) is 11.8 Å². The minimum absolute atomic E-state index is 0.217. The lowest BCUT2D eigenvalue weighted by Crippen LogP contribution is -2.10. The van der Waals surface area contributed by atoms with Gasteiger partial charge in [-0.25, -0.2) is 4.79 Å². The molecule has 1 aromatic heterocycles. The predicted molar refractivity (Wildman–Crippen MR) is 70.8 cm³/mol. The largest absolute Gasteiger partial charge is 0.476 e. The zero-order chi connectivity index (χ0) is 13.5. The van der Waals surface area contributed by atoms with Crippen molar-refractivity contribution in [1.82, 2.24) is 4.98 Å². The van der Waals surface area contributed by atoms with Crippen molar-refractivity contribution in [2.45, 2.75) is 18.7 Å². The molecule has 0 radical (unpaired) electrons. The molecule has 0 bridgehead atoms. The molecule has 0 aromatic carbocycles. The molecular formula is C11H11ClN2O3S. The molecule has 0 saturated carbocycles. The zero-order valence-electron chi connectivity index (χ0n) is 9.82. The summed E-state index contributed by atoms with van der Waals surface area (Å²) >= 11 is 6.92. The van der Waals surface area contributed by atoms with E-state index < -0.39 is 0 Å². The highest BCUT2D eigenvalue weighted by Crippen LogP contribution is 2.36. The Morgan fingerprint density at radius 2 is 2.44 bits per heavy atom. The van der Waals surface area contributed by atoms with Crippen molar-refractivity contribution in [1.29, 1.82) is 0 Å². The lowest BCUT2D eigenvalue weighted by Gasteiger charge is -2.13. The van der Waals surface area contributed by atoms with Crippen molar-refractivity contribution >= 4 is 40.9 Å². The van der Waals surface area contributed by atoms with Crippen LogP contribution in [0.5, 0.6) is 5.88 Å². The summed E-state index contributed by atoms with van der Waals surface area (Å²) in [5.74, 6) is 1.60. The van der Waals surface area contributed by atoms with Crippen molar-refractivity contribution in [3.63, 3.8) is 0 Å². The molecule has 7 heteroatoms. The van der Waals surface area contributed by atoms with Gasteiger partial charge in [0.05, 0.1) is 12.0 Å². The smallest absolute Gasteiger partial charge is 0.240 e. The maximum Gasteiger partial charge on any atom is 0.240 e. The third-order valence-corrected chi connectivity index (χ3v) is 2.72. The third-order valence-electron chi connectivity index (χ3n) is 1.73. The van der Waals surface area contributed by atoms with Crippen molar-refractivity contribution < 1.29 is 14.3 Å². The first kappa shape index (κ1) is 14.6. The van der Waals surface area contributed by atoms with Crippen molar-refractivity contribution in [3.8, 4) is 5.88 Å². The topological polar surface area (TPSA) is 68.3 Å². The number of halogens is 1. The van der Waals surface area contributed by atoms with Crippen molar-refractivity contribution in [3.05, 3.63) is 16.6 Å². The van der Waals surface area contributed by atoms with Crippen molar-refractivity contribution in [2.24, 2.45) is 0 Å². The Kier molecular flexibility index (Phi) is 5.71. The number of pyridine rings is 1. The molecule has 0 spiro atoms. The van der Waals surface area contributed by atoms with Crippen LogP contribution in [-0.4, -0.2) is 23.4 Å². The van der Waals surface area contributed by atoms with E-state index in [1.165, 1.54) is 18.4 Å². The van der Waals surface area contributed by atoms with E-state index >= 15 is 0 Å². The number of ether oxygens (including phenoxy) is 1. The van der Waals surface area contributed by atoms with Crippen LogP contribution in [0.4, 0.5) is 5.69 Å². The van der Waals surface area contributed by atoms with Crippen LogP contribution in [0.1, 0.15) is 13.8 Å². The van der Waals surface area contributed by atoms with Gasteiger partial charge < -0.3 is 10.1 Å². The van der Waals surface area contributed by atoms with Gasteiger partial charge in [0, 0.05) is 11.8 Å². The highest BCUT2D eigenvalue weighted by molar-refractivity contribution is 8.02. The lowest BCUT2D eigenvalue weighted by atomic mass is 10.4. The molecule has 1 heterocycles. The van der Waals surface area contributed by atoms with Crippen LogP contribution in [0.2, 0.25) is 5.15 Å². The van der Waals surface area contributed by atoms with Crippen LogP contribution in [0.3, 0.4) is 0 Å². The Hall–Kier alpha value is -1.49. The maximum absolute atomic E-state index is 11.2. The quantitative estimate of drug-likeness (QED) is 0.512. The molecule has 0 unspecified atom stereocenters. The van der Waals surface area contributed by atoms with Crippen LogP contribution in [-0.2, 0) is 9.59 Å². The number of hydrogen-bond acceptors (Lipinski definition) is 5. The van der Waals surface area contributed by atoms with E-state index in [4.69, 9.17) is 16.3 Å². The number of carbonyl (C=O) groups is 1. The van der Waals surface area contributed by atoms with Crippen LogP contribution in [0, 0.1) is 0 Å². The number of carbonyl (C=O) groups excluding carboxylic acids is 2. The fourth-order valence-corrected chi connectivity index (χ4v) is 2.05. The van der Waals surface area contributed by atoms with Gasteiger partial charge in [0.1, 0.15) is 16.8 Å². The van der Waals surface area contributed by atoms with Gasteiger partial charge in [-0.3, -0.25) is 4.79 Å². The Bertz CT molecular complexity index is 501. The summed E-state index contributed by atoms with van der Waals surface area (Å²) in [5, 5.41) is 4.04. The van der Waals surface area contributed by atoms with Crippen LogP contribution in [0.15, 0.2) is 16.4 Å². The molecule has 1 N–H and O–H groups in total. The highest BCUT2D eigenvalue weighted by atomic mass is 35.5. The molecule has 0 aliphatic rings. The molecule has 5 nitrogen and oxygen atoms in total. The number of thioether (sulfide) groups is 1. The number of nitrogens with one attached hydrogen (secondary N) is 1. The Morgan fingerprint density at radius 3 is 3.00 bits per heavy atom. The van der Waals surface area contributed by atoms with E-state index in [9.17, 15) is 9.59 Å². The molecule has 0 saturated heterocycles. The Labute approximate surface area is 114 Å². The van der Waals surface area contributed by atoms with Crippen LogP contribution in [0.25, 0.3) is 0 Å². The Morgan fingerprint density at radius 1 is 1.72 bits per heavy atom. The number of nitrogens with zero attached hydrogens (tertiary/aromatic N) is 1. The van der Waals surface area contributed by atoms with Gasteiger partial charge in [0.15, 0.2) is 0 Å². The predicted octanol–water partition coefficient (Wildman–Crippen LogP) is 2.53. The summed E-state index contributed by atoms with van der Waals surface area (Å²) in [7, 11) is 0. The number of amides is 1. The summed E-state index contributed by atoms with van der Waals surface area (Å²) < 4.78 is 5.30. The first-order valence-electron chi connectivity index (χ1n) is 5.05. The summed E-state index contributed by atoms with van der Waals surface area (Å²) in [6.07, 6.45) is 0. The summed E-state index contributed by atoms with van der Waals surface area (Å²) in [6, 6.07) is 1.54. The van der Waals surface area contributed by atoms with Gasteiger partial charge >= 0.3 is 0 Å². The van der Waals surface area contributed by atoms with Gasteiger partial charge in [-0.2, -0.15) is 4.98 Å². The first-order valence-corrected chi connectivity index (χ1v) is 6.31. The second kappa shape index (κ2) is 7.06. The van der Waals surface area contributed by atoms with E-state index in [2.05, 4.69) is 10.3 Å². The van der Waals surface area contributed by atoms with Gasteiger partial charge in [-0.1, -0.05) is 23.4 Å². The van der Waals surface area contributed by atoms with E-state index in [1.807, 2.05) is 0 Å². The van der Waals surface area contributed by atoms with E-state index in [1.54, 1.807) is 12.9 Å². The van der Waals surface area contributed by atoms with Gasteiger partial charge in [-0.05, 0) is 13.0 Å². The van der Waals surface area contributed by atoms with Gasteiger partial charge in [0.25, 0.3) is 0 Å². The van der Waals surface area contributed by atoms with Crippen molar-refractivity contribution in [2.75, 3.05) is 11.9 Å². The molecule has 0 atom stereocenters. The fourth-order valence-electron chi connectivity index (χ4n) is 1.18. The second-order valence-electron chi connectivity index (χ2n) is 3.09. The number of hydrogen-bond donors (Lipinski definition) is 1. The molecule has 0 aliphatic heterocycles. The molecule has 0 aliphatic carbocycles. The van der Waals surface area contributed by atoms with Crippen LogP contribution >= 0.6 is 23.4 Å². The summed E-state index contributed by atoms with van der Waals surface area (Å²) in [5.41, 5.74) is 0.394. The molecule has 1 aromatic rings. The molecule has 0 fully saturated rings. The Balaban J connectivity index is 3.26. The summed E-state index contributed by atoms with van der Waals surface area (Å²) in [4.78, 5) is 25.9. The van der Waals surface area contributed by atoms with Gasteiger partial charge in [-0.15, -0.1) is 0 Å². The normalized spacial score (nSPS) is 9.50. The SMILES string of the molecule is CCOc1nc(Cl)cc(SC=C=O)c1NC(C)=O. The zero-order valence-corrected chi connectivity index (χ0v) is 11.4. The standard InChI is InChI=1S/C11H11ClN2O3S/c1-3-17-11-10(13-7(2)16)8(18-5-4-15)6-9(12)14-11/h5-6H,3H2,1-2H3,(H,13,16). The third kappa shape index (κ3) is 4.07. The molecule has 96 valence electrons. The van der Waals surface area contributed by atoms with E-state index in [-0.39, 0.29) is 16.9 Å². The average Bonchev–Trinajstić information content (AvgIpc) is 2.30. The monoisotopic (exact) mass is 286 g/mol. The minimum atomic E-state index is -0.267. The lowest BCUT2D eigenvalue weighted by molar-refractivity contribution is -0.114. The second-order valence-corrected chi connectivity index (χ2v) is 4.39. The fraction of sp³-hybridized carbons (Fsp3) is 0.273. The number of rotatable bonds is 5. The molecule has 1 amide bonds. The number of anilines is 1. The first-order chi connectivity index (χ1) is 8.58. The van der Waals surface area contributed by atoms with E-state index in [0.29, 0.717) is 17.2 Å². The van der Waals surface area contributed by atoms with Crippen LogP contribution < -0.4 is 10.1 Å². The number of aromatic nitrogens is 1. The highest BCUT2D eigenvalue weighted by Gasteiger charge is 2.14. The molecule has 1 rings (SSSR count). The maximum atomic E-state index is 11.2. The molecule has 18 heavy (non-hydrogen) atoms.